The highest BCUT2D eigenvalue weighted by atomic mass is 16.5. The summed E-state index contributed by atoms with van der Waals surface area (Å²) in [6.07, 6.45) is -7.96. The third kappa shape index (κ3) is 3.86. The van der Waals surface area contributed by atoms with Crippen LogP contribution >= 0.6 is 0 Å². The van der Waals surface area contributed by atoms with E-state index in [-0.39, 0.29) is 0 Å². The van der Waals surface area contributed by atoms with Crippen LogP contribution in [-0.4, -0.2) is 75.4 Å². The fraction of sp³-hybridized carbons (Fsp3) is 0.600. The SMILES string of the molecule is C=C(C(=O)OC)C(=O)[C@H](O)[C@@H](O)[C@H](O)[C@H](O)CO. The highest BCUT2D eigenvalue weighted by Crippen LogP contribution is 2.10. The van der Waals surface area contributed by atoms with E-state index in [1.807, 2.05) is 0 Å². The normalized spacial score (nSPS) is 17.4. The van der Waals surface area contributed by atoms with Gasteiger partial charge in [-0.05, 0) is 0 Å². The summed E-state index contributed by atoms with van der Waals surface area (Å²) in [7, 11) is 0.994. The maximum atomic E-state index is 11.4. The van der Waals surface area contributed by atoms with Crippen LogP contribution < -0.4 is 0 Å². The van der Waals surface area contributed by atoms with Gasteiger partial charge in [0.15, 0.2) is 0 Å². The van der Waals surface area contributed by atoms with Crippen molar-refractivity contribution < 1.29 is 39.9 Å². The molecular formula is C10H16O8. The molecule has 8 heteroatoms. The molecule has 8 nitrogen and oxygen atoms in total. The number of carbonyl (C=O) groups is 2. The summed E-state index contributed by atoms with van der Waals surface area (Å²) < 4.78 is 4.19. The van der Waals surface area contributed by atoms with Crippen molar-refractivity contribution in [2.75, 3.05) is 13.7 Å². The summed E-state index contributed by atoms with van der Waals surface area (Å²) in [5.41, 5.74) is -0.713. The van der Waals surface area contributed by atoms with Crippen LogP contribution in [0.2, 0.25) is 0 Å². The smallest absolute Gasteiger partial charge is 0.340 e. The molecule has 0 bridgehead atoms. The second-order valence-electron chi connectivity index (χ2n) is 3.51. The Labute approximate surface area is 103 Å². The van der Waals surface area contributed by atoms with Crippen LogP contribution in [0, 0.1) is 0 Å². The molecule has 0 heterocycles. The van der Waals surface area contributed by atoms with Crippen LogP contribution in [0.3, 0.4) is 0 Å². The lowest BCUT2D eigenvalue weighted by Crippen LogP contribution is -2.49. The first kappa shape index (κ1) is 16.7. The monoisotopic (exact) mass is 264 g/mol. The molecule has 0 aliphatic rings. The van der Waals surface area contributed by atoms with Gasteiger partial charge in [0.25, 0.3) is 0 Å². The zero-order valence-corrected chi connectivity index (χ0v) is 9.68. The number of aliphatic hydroxyl groups is 5. The van der Waals surface area contributed by atoms with Gasteiger partial charge in [0.05, 0.1) is 19.3 Å². The standard InChI is InChI=1S/C10H16O8/c1-4(10(17)18-2)6(13)8(15)9(16)7(14)5(12)3-11/h5,7-9,11-12,14-16H,1,3H2,2H3/t5-,7-,8+,9+/m1/s1. The number of ether oxygens (including phenoxy) is 1. The molecule has 0 radical (unpaired) electrons. The fourth-order valence-corrected chi connectivity index (χ4v) is 1.08. The summed E-state index contributed by atoms with van der Waals surface area (Å²) in [5, 5.41) is 45.6. The Morgan fingerprint density at radius 3 is 2.06 bits per heavy atom. The van der Waals surface area contributed by atoms with Gasteiger partial charge in [0.2, 0.25) is 5.78 Å². The molecule has 0 saturated carbocycles. The highest BCUT2D eigenvalue weighted by molar-refractivity contribution is 6.18. The lowest BCUT2D eigenvalue weighted by molar-refractivity contribution is -0.147. The van der Waals surface area contributed by atoms with Gasteiger partial charge in [-0.15, -0.1) is 0 Å². The van der Waals surface area contributed by atoms with E-state index in [1.54, 1.807) is 0 Å². The van der Waals surface area contributed by atoms with Crippen LogP contribution in [-0.2, 0) is 14.3 Å². The summed E-state index contributed by atoms with van der Waals surface area (Å²) in [4.78, 5) is 22.4. The molecule has 0 amide bonds. The Bertz CT molecular complexity index is 326. The third-order valence-corrected chi connectivity index (χ3v) is 2.25. The molecule has 0 rings (SSSR count). The van der Waals surface area contributed by atoms with Crippen LogP contribution in [0.4, 0.5) is 0 Å². The summed E-state index contributed by atoms with van der Waals surface area (Å²) in [6.45, 7) is 2.19. The molecule has 0 aliphatic carbocycles. The minimum Gasteiger partial charge on any atom is -0.465 e. The number of hydrogen-bond donors (Lipinski definition) is 5. The number of esters is 1. The van der Waals surface area contributed by atoms with Gasteiger partial charge < -0.3 is 30.3 Å². The molecule has 0 fully saturated rings. The van der Waals surface area contributed by atoms with Crippen molar-refractivity contribution in [1.29, 1.82) is 0 Å². The summed E-state index contributed by atoms with van der Waals surface area (Å²) >= 11 is 0. The number of aliphatic hydroxyl groups excluding tert-OH is 5. The lowest BCUT2D eigenvalue weighted by atomic mass is 9.97. The summed E-state index contributed by atoms with van der Waals surface area (Å²) in [6, 6.07) is 0. The van der Waals surface area contributed by atoms with Gasteiger partial charge in [-0.3, -0.25) is 4.79 Å². The fourth-order valence-electron chi connectivity index (χ4n) is 1.08. The number of rotatable bonds is 7. The van der Waals surface area contributed by atoms with Gasteiger partial charge in [0.1, 0.15) is 24.4 Å². The largest absolute Gasteiger partial charge is 0.465 e. The zero-order chi connectivity index (χ0) is 14.5. The average molecular weight is 264 g/mol. The van der Waals surface area contributed by atoms with Crippen LogP contribution in [0.5, 0.6) is 0 Å². The molecule has 0 aromatic rings. The number of ketones is 1. The van der Waals surface area contributed by atoms with Crippen molar-refractivity contribution in [3.05, 3.63) is 12.2 Å². The van der Waals surface area contributed by atoms with E-state index in [4.69, 9.17) is 10.2 Å². The topological polar surface area (TPSA) is 145 Å². The van der Waals surface area contributed by atoms with E-state index in [9.17, 15) is 24.9 Å². The Morgan fingerprint density at radius 1 is 1.17 bits per heavy atom. The lowest BCUT2D eigenvalue weighted by Gasteiger charge is -2.24. The van der Waals surface area contributed by atoms with Crippen molar-refractivity contribution in [2.24, 2.45) is 0 Å². The molecule has 0 spiro atoms. The Morgan fingerprint density at radius 2 is 1.67 bits per heavy atom. The molecule has 104 valence electrons. The predicted molar refractivity (Wildman–Crippen MR) is 57.3 cm³/mol. The quantitative estimate of drug-likeness (QED) is 0.139. The molecule has 4 atom stereocenters. The number of carbonyl (C=O) groups excluding carboxylic acids is 2. The van der Waals surface area contributed by atoms with Crippen molar-refractivity contribution in [2.45, 2.75) is 24.4 Å². The van der Waals surface area contributed by atoms with E-state index in [1.165, 1.54) is 0 Å². The maximum absolute atomic E-state index is 11.4. The van der Waals surface area contributed by atoms with Gasteiger partial charge in [0, 0.05) is 0 Å². The van der Waals surface area contributed by atoms with Gasteiger partial charge >= 0.3 is 5.97 Å². The van der Waals surface area contributed by atoms with Crippen LogP contribution in [0.1, 0.15) is 0 Å². The molecule has 0 aromatic carbocycles. The minimum absolute atomic E-state index is 0.713. The second kappa shape index (κ2) is 7.19. The van der Waals surface area contributed by atoms with Gasteiger partial charge in [-0.1, -0.05) is 6.58 Å². The number of methoxy groups -OCH3 is 1. The van der Waals surface area contributed by atoms with Crippen molar-refractivity contribution in [1.82, 2.24) is 0 Å². The van der Waals surface area contributed by atoms with Crippen LogP contribution in [0.15, 0.2) is 12.2 Å². The Kier molecular flexibility index (Phi) is 6.66. The Hall–Kier alpha value is -1.32. The first-order chi connectivity index (χ1) is 8.27. The molecule has 0 saturated heterocycles. The van der Waals surface area contributed by atoms with E-state index in [0.29, 0.717) is 0 Å². The van der Waals surface area contributed by atoms with E-state index in [2.05, 4.69) is 11.3 Å². The van der Waals surface area contributed by atoms with E-state index in [0.717, 1.165) is 7.11 Å². The Balaban J connectivity index is 4.74. The van der Waals surface area contributed by atoms with Crippen molar-refractivity contribution >= 4 is 11.8 Å². The highest BCUT2D eigenvalue weighted by Gasteiger charge is 2.36. The average Bonchev–Trinajstić information content (AvgIpc) is 2.40. The maximum Gasteiger partial charge on any atom is 0.340 e. The van der Waals surface area contributed by atoms with Crippen LogP contribution in [0.25, 0.3) is 0 Å². The molecular weight excluding hydrogens is 248 g/mol. The predicted octanol–water partition coefficient (Wildman–Crippen LogP) is -3.28. The molecule has 0 aliphatic heterocycles. The first-order valence-electron chi connectivity index (χ1n) is 4.92. The van der Waals surface area contributed by atoms with Gasteiger partial charge in [-0.25, -0.2) is 4.79 Å². The van der Waals surface area contributed by atoms with Crippen molar-refractivity contribution in [3.8, 4) is 0 Å². The molecule has 18 heavy (non-hydrogen) atoms. The molecule has 0 unspecified atom stereocenters. The second-order valence-corrected chi connectivity index (χ2v) is 3.51. The number of hydrogen-bond acceptors (Lipinski definition) is 8. The molecule has 0 aromatic heterocycles. The van der Waals surface area contributed by atoms with Crippen molar-refractivity contribution in [3.63, 3.8) is 0 Å². The first-order valence-corrected chi connectivity index (χ1v) is 4.92. The zero-order valence-electron chi connectivity index (χ0n) is 9.68. The van der Waals surface area contributed by atoms with E-state index >= 15 is 0 Å². The minimum atomic E-state index is -2.17. The number of Topliss-reactive ketones (excluding diaryl/α,β-unsaturated/α-hetero) is 1. The van der Waals surface area contributed by atoms with E-state index < -0.39 is 48.3 Å². The summed E-state index contributed by atoms with van der Waals surface area (Å²) in [5.74, 6) is -2.35. The third-order valence-electron chi connectivity index (χ3n) is 2.25. The molecule has 5 N–H and O–H groups in total. The van der Waals surface area contributed by atoms with Gasteiger partial charge in [-0.2, -0.15) is 0 Å².